The Labute approximate surface area is 124 Å². The van der Waals surface area contributed by atoms with Crippen LogP contribution in [0.3, 0.4) is 0 Å². The minimum atomic E-state index is -0.947. The fraction of sp³-hybridized carbons (Fsp3) is 0.615. The molecule has 1 aromatic heterocycles. The van der Waals surface area contributed by atoms with Crippen molar-refractivity contribution in [2.24, 2.45) is 0 Å². The van der Waals surface area contributed by atoms with E-state index in [9.17, 15) is 9.59 Å². The van der Waals surface area contributed by atoms with Crippen LogP contribution in [0.1, 0.15) is 11.4 Å². The summed E-state index contributed by atoms with van der Waals surface area (Å²) < 4.78 is 0. The summed E-state index contributed by atoms with van der Waals surface area (Å²) >= 11 is 0. The van der Waals surface area contributed by atoms with Crippen molar-refractivity contribution < 1.29 is 14.7 Å². The van der Waals surface area contributed by atoms with E-state index < -0.39 is 5.97 Å². The molecule has 0 saturated heterocycles. The Morgan fingerprint density at radius 2 is 1.90 bits per heavy atom. The van der Waals surface area contributed by atoms with E-state index in [2.05, 4.69) is 15.5 Å². The van der Waals surface area contributed by atoms with E-state index >= 15 is 0 Å². The number of aliphatic carboxylic acids is 1. The number of amides is 1. The van der Waals surface area contributed by atoms with Crippen molar-refractivity contribution in [3.8, 4) is 0 Å². The van der Waals surface area contributed by atoms with E-state index in [1.165, 1.54) is 0 Å². The number of likely N-dealkylation sites (N-methyl/N-ethyl adjacent to an activating group) is 1. The number of carbonyl (C=O) groups excluding carboxylic acids is 1. The first kappa shape index (κ1) is 17.1. The number of aromatic amines is 1. The van der Waals surface area contributed by atoms with Gasteiger partial charge in [0.2, 0.25) is 5.91 Å². The zero-order chi connectivity index (χ0) is 16.0. The molecule has 1 amide bonds. The van der Waals surface area contributed by atoms with Crippen molar-refractivity contribution in [3.63, 3.8) is 0 Å². The molecule has 1 aromatic rings. The van der Waals surface area contributed by atoms with Crippen LogP contribution in [0.5, 0.6) is 0 Å². The molecule has 1 rings (SSSR count). The van der Waals surface area contributed by atoms with E-state index in [4.69, 9.17) is 5.11 Å². The molecular formula is C13H23N5O3. The summed E-state index contributed by atoms with van der Waals surface area (Å²) in [5, 5.41) is 18.5. The zero-order valence-corrected chi connectivity index (χ0v) is 12.9. The molecule has 0 aliphatic heterocycles. The summed E-state index contributed by atoms with van der Waals surface area (Å²) in [6, 6.07) is 0. The minimum Gasteiger partial charge on any atom is -0.480 e. The van der Waals surface area contributed by atoms with Gasteiger partial charge in [-0.25, -0.2) is 0 Å². The number of rotatable bonds is 8. The lowest BCUT2D eigenvalue weighted by molar-refractivity contribution is -0.138. The van der Waals surface area contributed by atoms with E-state index in [-0.39, 0.29) is 19.0 Å². The van der Waals surface area contributed by atoms with E-state index in [1.54, 1.807) is 11.8 Å². The smallest absolute Gasteiger partial charge is 0.317 e. The molecule has 0 radical (unpaired) electrons. The molecule has 0 bridgehead atoms. The summed E-state index contributed by atoms with van der Waals surface area (Å²) in [6.07, 6.45) is 0. The normalized spacial score (nSPS) is 11.1. The lowest BCUT2D eigenvalue weighted by atomic mass is 10.3. The molecule has 0 fully saturated rings. The molecule has 0 aromatic carbocycles. The van der Waals surface area contributed by atoms with Crippen molar-refractivity contribution in [2.75, 3.05) is 45.6 Å². The fourth-order valence-electron chi connectivity index (χ4n) is 1.86. The Morgan fingerprint density at radius 1 is 1.24 bits per heavy atom. The van der Waals surface area contributed by atoms with Crippen LogP contribution < -0.4 is 5.32 Å². The second kappa shape index (κ2) is 7.75. The summed E-state index contributed by atoms with van der Waals surface area (Å²) in [7, 11) is 3.80. The van der Waals surface area contributed by atoms with Crippen molar-refractivity contribution in [3.05, 3.63) is 11.4 Å². The first-order valence-corrected chi connectivity index (χ1v) is 6.70. The van der Waals surface area contributed by atoms with Crippen molar-refractivity contribution in [1.29, 1.82) is 0 Å². The quantitative estimate of drug-likeness (QED) is 0.620. The van der Waals surface area contributed by atoms with Gasteiger partial charge in [0.15, 0.2) is 0 Å². The number of hydrogen-bond donors (Lipinski definition) is 3. The predicted molar refractivity (Wildman–Crippen MR) is 79.3 cm³/mol. The van der Waals surface area contributed by atoms with Crippen LogP contribution in [0.15, 0.2) is 0 Å². The Hall–Kier alpha value is -1.93. The van der Waals surface area contributed by atoms with Crippen molar-refractivity contribution >= 4 is 17.6 Å². The molecule has 0 atom stereocenters. The highest BCUT2D eigenvalue weighted by Crippen LogP contribution is 2.15. The van der Waals surface area contributed by atoms with E-state index in [0.717, 1.165) is 5.69 Å². The zero-order valence-electron chi connectivity index (χ0n) is 12.9. The number of carboxylic acids is 1. The maximum absolute atomic E-state index is 12.1. The van der Waals surface area contributed by atoms with Crippen molar-refractivity contribution in [1.82, 2.24) is 20.0 Å². The van der Waals surface area contributed by atoms with Crippen LogP contribution in [0.2, 0.25) is 0 Å². The van der Waals surface area contributed by atoms with Crippen LogP contribution in [-0.4, -0.2) is 77.3 Å². The van der Waals surface area contributed by atoms with Crippen LogP contribution in [0, 0.1) is 13.8 Å². The SMILES string of the molecule is Cc1n[nH]c(C)c1NC(=O)CN(CCN(C)C)CC(=O)O. The number of carbonyl (C=O) groups is 2. The number of carboxylic acid groups (broad SMARTS) is 1. The third-order valence-corrected chi connectivity index (χ3v) is 2.98. The second-order valence-electron chi connectivity index (χ2n) is 5.26. The summed E-state index contributed by atoms with van der Waals surface area (Å²) in [6.45, 7) is 4.67. The second-order valence-corrected chi connectivity index (χ2v) is 5.26. The fourth-order valence-corrected chi connectivity index (χ4v) is 1.86. The third-order valence-electron chi connectivity index (χ3n) is 2.98. The van der Waals surface area contributed by atoms with Crippen molar-refractivity contribution in [2.45, 2.75) is 13.8 Å². The molecule has 0 spiro atoms. The van der Waals surface area contributed by atoms with Gasteiger partial charge < -0.3 is 15.3 Å². The van der Waals surface area contributed by atoms with Crippen LogP contribution in [0.4, 0.5) is 5.69 Å². The number of H-pyrrole nitrogens is 1. The topological polar surface area (TPSA) is 102 Å². The first-order chi connectivity index (χ1) is 9.79. The molecule has 118 valence electrons. The molecular weight excluding hydrogens is 274 g/mol. The van der Waals surface area contributed by atoms with Gasteiger partial charge in [-0.15, -0.1) is 0 Å². The summed E-state index contributed by atoms with van der Waals surface area (Å²) in [4.78, 5) is 26.5. The molecule has 8 heteroatoms. The highest BCUT2D eigenvalue weighted by atomic mass is 16.4. The van der Waals surface area contributed by atoms with Crippen LogP contribution in [0.25, 0.3) is 0 Å². The first-order valence-electron chi connectivity index (χ1n) is 6.70. The Balaban J connectivity index is 2.60. The van der Waals surface area contributed by atoms with Gasteiger partial charge in [-0.1, -0.05) is 0 Å². The van der Waals surface area contributed by atoms with Gasteiger partial charge in [0.25, 0.3) is 0 Å². The monoisotopic (exact) mass is 297 g/mol. The Morgan fingerprint density at radius 3 is 2.38 bits per heavy atom. The lowest BCUT2D eigenvalue weighted by Crippen LogP contribution is -2.40. The summed E-state index contributed by atoms with van der Waals surface area (Å²) in [5.41, 5.74) is 2.14. The molecule has 0 aliphatic carbocycles. The highest BCUT2D eigenvalue weighted by Gasteiger charge is 2.16. The number of aromatic nitrogens is 2. The van der Waals surface area contributed by atoms with Crippen LogP contribution >= 0.6 is 0 Å². The maximum atomic E-state index is 12.1. The van der Waals surface area contributed by atoms with Gasteiger partial charge >= 0.3 is 5.97 Å². The molecule has 1 heterocycles. The molecule has 0 unspecified atom stereocenters. The van der Waals surface area contributed by atoms with Gasteiger partial charge in [-0.3, -0.25) is 19.6 Å². The van der Waals surface area contributed by atoms with E-state index in [1.807, 2.05) is 25.9 Å². The minimum absolute atomic E-state index is 0.0319. The molecule has 0 aliphatic rings. The Bertz CT molecular complexity index is 478. The highest BCUT2D eigenvalue weighted by molar-refractivity contribution is 5.93. The third kappa shape index (κ3) is 5.92. The van der Waals surface area contributed by atoms with Gasteiger partial charge in [0.05, 0.1) is 30.2 Å². The van der Waals surface area contributed by atoms with Gasteiger partial charge in [0.1, 0.15) is 0 Å². The van der Waals surface area contributed by atoms with Gasteiger partial charge in [-0.2, -0.15) is 5.10 Å². The Kier molecular flexibility index (Phi) is 6.32. The molecule has 8 nitrogen and oxygen atoms in total. The number of nitrogens with zero attached hydrogens (tertiary/aromatic N) is 3. The molecule has 21 heavy (non-hydrogen) atoms. The van der Waals surface area contributed by atoms with Gasteiger partial charge in [0, 0.05) is 13.1 Å². The summed E-state index contributed by atoms with van der Waals surface area (Å²) in [5.74, 6) is -1.19. The molecule has 0 saturated carbocycles. The molecule has 3 N–H and O–H groups in total. The van der Waals surface area contributed by atoms with Gasteiger partial charge in [-0.05, 0) is 27.9 Å². The number of aryl methyl sites for hydroxylation is 2. The standard InChI is InChI=1S/C13H23N5O3/c1-9-13(10(2)16-15-9)14-11(19)7-18(8-12(20)21)6-5-17(3)4/h5-8H2,1-4H3,(H,14,19)(H,15,16)(H,20,21). The van der Waals surface area contributed by atoms with E-state index in [0.29, 0.717) is 24.5 Å². The lowest BCUT2D eigenvalue weighted by Gasteiger charge is -2.21. The predicted octanol–water partition coefficient (Wildman–Crippen LogP) is -0.0868. The van der Waals surface area contributed by atoms with Crippen LogP contribution in [-0.2, 0) is 9.59 Å². The average Bonchev–Trinajstić information content (AvgIpc) is 2.67. The number of anilines is 1. The maximum Gasteiger partial charge on any atom is 0.317 e. The number of hydrogen-bond acceptors (Lipinski definition) is 5. The number of nitrogens with one attached hydrogen (secondary N) is 2. The average molecular weight is 297 g/mol. The largest absolute Gasteiger partial charge is 0.480 e.